The topological polar surface area (TPSA) is 50.7 Å². The van der Waals surface area contributed by atoms with Crippen LogP contribution in [0.3, 0.4) is 0 Å². The lowest BCUT2D eigenvalue weighted by molar-refractivity contribution is 0.0679. The summed E-state index contributed by atoms with van der Waals surface area (Å²) in [5, 5.41) is 12.3. The van der Waals surface area contributed by atoms with Gasteiger partial charge in [0.2, 0.25) is 0 Å². The lowest BCUT2D eigenvalue weighted by Gasteiger charge is -2.29. The van der Waals surface area contributed by atoms with E-state index in [1.54, 1.807) is 7.11 Å². The summed E-state index contributed by atoms with van der Waals surface area (Å²) in [6.07, 6.45) is 1.78. The van der Waals surface area contributed by atoms with Crippen LogP contribution >= 0.6 is 0 Å². The van der Waals surface area contributed by atoms with Crippen LogP contribution in [0.4, 0.5) is 0 Å². The number of methoxy groups -OCH3 is 1. The molecule has 0 aromatic carbocycles. The summed E-state index contributed by atoms with van der Waals surface area (Å²) < 4.78 is 10.2. The van der Waals surface area contributed by atoms with Gasteiger partial charge in [-0.15, -0.1) is 0 Å². The molecule has 0 aromatic rings. The maximum Gasteiger partial charge on any atom is 0.0700 e. The van der Waals surface area contributed by atoms with E-state index in [1.807, 2.05) is 0 Å². The summed E-state index contributed by atoms with van der Waals surface area (Å²) >= 11 is 0. The SMILES string of the molecule is CCC(C)(CCO)NCCOCCOC. The maximum atomic E-state index is 8.92. The van der Waals surface area contributed by atoms with E-state index in [4.69, 9.17) is 14.6 Å². The molecule has 2 N–H and O–H groups in total. The Labute approximate surface area is 93.0 Å². The number of ether oxygens (including phenoxy) is 2. The normalized spacial score (nSPS) is 15.2. The van der Waals surface area contributed by atoms with E-state index >= 15 is 0 Å². The highest BCUT2D eigenvalue weighted by Gasteiger charge is 2.19. The van der Waals surface area contributed by atoms with Crippen molar-refractivity contribution in [1.82, 2.24) is 5.32 Å². The number of hydrogen-bond acceptors (Lipinski definition) is 4. The van der Waals surface area contributed by atoms with Gasteiger partial charge in [0.25, 0.3) is 0 Å². The molecule has 0 aliphatic carbocycles. The minimum atomic E-state index is 0.0271. The molecule has 4 heteroatoms. The molecule has 0 heterocycles. The lowest BCUT2D eigenvalue weighted by Crippen LogP contribution is -2.44. The van der Waals surface area contributed by atoms with E-state index in [0.717, 1.165) is 19.4 Å². The summed E-state index contributed by atoms with van der Waals surface area (Å²) in [4.78, 5) is 0. The third kappa shape index (κ3) is 7.73. The van der Waals surface area contributed by atoms with Crippen LogP contribution in [0.5, 0.6) is 0 Å². The van der Waals surface area contributed by atoms with Crippen LogP contribution in [-0.4, -0.2) is 50.7 Å². The van der Waals surface area contributed by atoms with Crippen LogP contribution in [0, 0.1) is 0 Å². The van der Waals surface area contributed by atoms with Gasteiger partial charge in [-0.3, -0.25) is 0 Å². The molecular formula is C11H25NO3. The predicted molar refractivity (Wildman–Crippen MR) is 61.1 cm³/mol. The van der Waals surface area contributed by atoms with Crippen molar-refractivity contribution in [3.63, 3.8) is 0 Å². The highest BCUT2D eigenvalue weighted by Crippen LogP contribution is 2.12. The van der Waals surface area contributed by atoms with Gasteiger partial charge in [-0.25, -0.2) is 0 Å². The van der Waals surface area contributed by atoms with Gasteiger partial charge in [0.15, 0.2) is 0 Å². The van der Waals surface area contributed by atoms with Crippen molar-refractivity contribution >= 4 is 0 Å². The molecule has 92 valence electrons. The zero-order chi connectivity index (χ0) is 11.6. The molecule has 0 aliphatic rings. The van der Waals surface area contributed by atoms with Crippen LogP contribution in [0.1, 0.15) is 26.7 Å². The van der Waals surface area contributed by atoms with Gasteiger partial charge in [-0.1, -0.05) is 6.92 Å². The van der Waals surface area contributed by atoms with Crippen LogP contribution in [0.2, 0.25) is 0 Å². The van der Waals surface area contributed by atoms with Gasteiger partial charge in [0.1, 0.15) is 0 Å². The summed E-state index contributed by atoms with van der Waals surface area (Å²) in [6, 6.07) is 0. The quantitative estimate of drug-likeness (QED) is 0.533. The predicted octanol–water partition coefficient (Wildman–Crippen LogP) is 0.790. The first-order chi connectivity index (χ1) is 7.18. The zero-order valence-corrected chi connectivity index (χ0v) is 10.2. The smallest absolute Gasteiger partial charge is 0.0700 e. The van der Waals surface area contributed by atoms with Crippen LogP contribution < -0.4 is 5.32 Å². The van der Waals surface area contributed by atoms with Crippen molar-refractivity contribution in [1.29, 1.82) is 0 Å². The second-order valence-electron chi connectivity index (χ2n) is 3.92. The van der Waals surface area contributed by atoms with Crippen molar-refractivity contribution < 1.29 is 14.6 Å². The third-order valence-electron chi connectivity index (χ3n) is 2.67. The van der Waals surface area contributed by atoms with Crippen molar-refractivity contribution in [2.24, 2.45) is 0 Å². The number of aliphatic hydroxyl groups is 1. The summed E-state index contributed by atoms with van der Waals surface area (Å²) in [7, 11) is 1.66. The molecule has 4 nitrogen and oxygen atoms in total. The summed E-state index contributed by atoms with van der Waals surface area (Å²) in [5.74, 6) is 0. The first kappa shape index (κ1) is 14.8. The van der Waals surface area contributed by atoms with Gasteiger partial charge < -0.3 is 19.9 Å². The largest absolute Gasteiger partial charge is 0.396 e. The van der Waals surface area contributed by atoms with Crippen molar-refractivity contribution in [2.45, 2.75) is 32.2 Å². The molecule has 0 bridgehead atoms. The zero-order valence-electron chi connectivity index (χ0n) is 10.2. The summed E-state index contributed by atoms with van der Waals surface area (Å²) in [5.41, 5.74) is 0.0271. The third-order valence-corrected chi connectivity index (χ3v) is 2.67. The van der Waals surface area contributed by atoms with E-state index in [1.165, 1.54) is 0 Å². The Kier molecular flexibility index (Phi) is 9.00. The number of rotatable bonds is 10. The lowest BCUT2D eigenvalue weighted by atomic mass is 9.95. The van der Waals surface area contributed by atoms with Crippen LogP contribution in [-0.2, 0) is 9.47 Å². The minimum Gasteiger partial charge on any atom is -0.396 e. The molecule has 0 rings (SSSR count). The Hall–Kier alpha value is -0.160. The van der Waals surface area contributed by atoms with E-state index in [-0.39, 0.29) is 12.1 Å². The van der Waals surface area contributed by atoms with Crippen molar-refractivity contribution in [3.05, 3.63) is 0 Å². The highest BCUT2D eigenvalue weighted by atomic mass is 16.5. The molecule has 0 saturated heterocycles. The molecule has 1 unspecified atom stereocenters. The van der Waals surface area contributed by atoms with Gasteiger partial charge in [-0.2, -0.15) is 0 Å². The van der Waals surface area contributed by atoms with E-state index in [2.05, 4.69) is 19.2 Å². The van der Waals surface area contributed by atoms with Gasteiger partial charge in [-0.05, 0) is 19.8 Å². The Bertz CT molecular complexity index is 144. The summed E-state index contributed by atoms with van der Waals surface area (Å²) in [6.45, 7) is 7.25. The highest BCUT2D eigenvalue weighted by molar-refractivity contribution is 4.80. The maximum absolute atomic E-state index is 8.92. The Morgan fingerprint density at radius 2 is 2.00 bits per heavy atom. The molecule has 0 amide bonds. The fraction of sp³-hybridized carbons (Fsp3) is 1.00. The van der Waals surface area contributed by atoms with E-state index < -0.39 is 0 Å². The van der Waals surface area contributed by atoms with Gasteiger partial charge >= 0.3 is 0 Å². The number of nitrogens with one attached hydrogen (secondary N) is 1. The van der Waals surface area contributed by atoms with Crippen molar-refractivity contribution in [3.8, 4) is 0 Å². The number of aliphatic hydroxyl groups excluding tert-OH is 1. The average molecular weight is 219 g/mol. The monoisotopic (exact) mass is 219 g/mol. The minimum absolute atomic E-state index is 0.0271. The fourth-order valence-corrected chi connectivity index (χ4v) is 1.31. The van der Waals surface area contributed by atoms with E-state index in [9.17, 15) is 0 Å². The van der Waals surface area contributed by atoms with E-state index in [0.29, 0.717) is 19.8 Å². The molecule has 15 heavy (non-hydrogen) atoms. The Morgan fingerprint density at radius 3 is 2.53 bits per heavy atom. The second kappa shape index (κ2) is 9.09. The molecule has 0 aromatic heterocycles. The number of hydrogen-bond donors (Lipinski definition) is 2. The first-order valence-electron chi connectivity index (χ1n) is 5.61. The van der Waals surface area contributed by atoms with Crippen LogP contribution in [0.15, 0.2) is 0 Å². The molecule has 0 fully saturated rings. The molecule has 1 atom stereocenters. The average Bonchev–Trinajstić information content (AvgIpc) is 2.24. The molecule has 0 aliphatic heterocycles. The van der Waals surface area contributed by atoms with Crippen LogP contribution in [0.25, 0.3) is 0 Å². The van der Waals surface area contributed by atoms with Gasteiger partial charge in [0.05, 0.1) is 19.8 Å². The Balaban J connectivity index is 3.46. The first-order valence-corrected chi connectivity index (χ1v) is 5.61. The molecule has 0 radical (unpaired) electrons. The standard InChI is InChI=1S/C11H25NO3/c1-4-11(2,5-7-13)12-6-8-15-10-9-14-3/h12-13H,4-10H2,1-3H3. The molecule has 0 saturated carbocycles. The van der Waals surface area contributed by atoms with Crippen molar-refractivity contribution in [2.75, 3.05) is 40.1 Å². The van der Waals surface area contributed by atoms with Gasteiger partial charge in [0, 0.05) is 25.8 Å². The second-order valence-corrected chi connectivity index (χ2v) is 3.92. The fourth-order valence-electron chi connectivity index (χ4n) is 1.31. The Morgan fingerprint density at radius 1 is 1.27 bits per heavy atom. The molecular weight excluding hydrogens is 194 g/mol. The molecule has 0 spiro atoms.